The van der Waals surface area contributed by atoms with Gasteiger partial charge < -0.3 is 5.32 Å². The maximum Gasteiger partial charge on any atom is 0.0244 e. The van der Waals surface area contributed by atoms with Crippen molar-refractivity contribution in [3.8, 4) is 0 Å². The Balaban J connectivity index is 2.62. The molecule has 0 saturated heterocycles. The van der Waals surface area contributed by atoms with Gasteiger partial charge in [0.25, 0.3) is 0 Å². The van der Waals surface area contributed by atoms with E-state index in [1.807, 2.05) is 0 Å². The van der Waals surface area contributed by atoms with Crippen molar-refractivity contribution in [1.29, 1.82) is 0 Å². The molecule has 0 bridgehead atoms. The number of nitrogens with one attached hydrogen (secondary N) is 1. The zero-order valence-electron chi connectivity index (χ0n) is 12.5. The molecule has 0 heterocycles. The highest BCUT2D eigenvalue weighted by atomic mass is 79.9. The Kier molecular flexibility index (Phi) is 8.35. The Morgan fingerprint density at radius 1 is 1.21 bits per heavy atom. The zero-order chi connectivity index (χ0) is 14.1. The molecule has 2 nitrogen and oxygen atoms in total. The lowest BCUT2D eigenvalue weighted by Crippen LogP contribution is -2.24. The Hall–Kier alpha value is -0.380. The van der Waals surface area contributed by atoms with Crippen LogP contribution >= 0.6 is 15.9 Å². The van der Waals surface area contributed by atoms with Gasteiger partial charge in [0.2, 0.25) is 0 Å². The molecule has 0 aliphatic carbocycles. The third-order valence-corrected chi connectivity index (χ3v) is 4.10. The standard InChI is InChI=1S/C16H27BrN2/c1-4-7-10-19(6-3)13-15-9-8-14(11-16(15)17)12-18-5-2/h8-9,11,18H,4-7,10,12-13H2,1-3H3. The number of unbranched alkanes of at least 4 members (excludes halogenated alkanes) is 1. The number of nitrogens with zero attached hydrogens (tertiary/aromatic N) is 1. The number of benzene rings is 1. The second-order valence-electron chi connectivity index (χ2n) is 4.93. The number of halogens is 1. The van der Waals surface area contributed by atoms with Crippen LogP contribution in [0.5, 0.6) is 0 Å². The molecule has 0 saturated carbocycles. The average molecular weight is 327 g/mol. The molecular formula is C16H27BrN2. The minimum Gasteiger partial charge on any atom is -0.313 e. The summed E-state index contributed by atoms with van der Waals surface area (Å²) in [5.74, 6) is 0. The van der Waals surface area contributed by atoms with E-state index in [2.05, 4.69) is 65.1 Å². The summed E-state index contributed by atoms with van der Waals surface area (Å²) in [4.78, 5) is 2.51. The fourth-order valence-electron chi connectivity index (χ4n) is 2.07. The van der Waals surface area contributed by atoms with Gasteiger partial charge in [0.15, 0.2) is 0 Å². The normalized spacial score (nSPS) is 11.2. The van der Waals surface area contributed by atoms with E-state index < -0.39 is 0 Å². The smallest absolute Gasteiger partial charge is 0.0244 e. The highest BCUT2D eigenvalue weighted by molar-refractivity contribution is 9.10. The van der Waals surface area contributed by atoms with Crippen LogP contribution in [-0.2, 0) is 13.1 Å². The summed E-state index contributed by atoms with van der Waals surface area (Å²) in [5, 5.41) is 3.36. The van der Waals surface area contributed by atoms with Crippen LogP contribution in [-0.4, -0.2) is 24.5 Å². The molecule has 0 amide bonds. The van der Waals surface area contributed by atoms with Crippen LogP contribution in [0, 0.1) is 0 Å². The van der Waals surface area contributed by atoms with Crippen molar-refractivity contribution >= 4 is 15.9 Å². The van der Waals surface area contributed by atoms with E-state index in [1.165, 1.54) is 35.0 Å². The lowest BCUT2D eigenvalue weighted by atomic mass is 10.1. The van der Waals surface area contributed by atoms with Crippen LogP contribution in [0.4, 0.5) is 0 Å². The Bertz CT molecular complexity index is 366. The van der Waals surface area contributed by atoms with Crippen molar-refractivity contribution < 1.29 is 0 Å². The van der Waals surface area contributed by atoms with E-state index in [0.717, 1.165) is 26.2 Å². The van der Waals surface area contributed by atoms with E-state index >= 15 is 0 Å². The van der Waals surface area contributed by atoms with Crippen molar-refractivity contribution in [2.45, 2.75) is 46.7 Å². The molecule has 0 unspecified atom stereocenters. The van der Waals surface area contributed by atoms with Gasteiger partial charge in [0.05, 0.1) is 0 Å². The Morgan fingerprint density at radius 3 is 2.58 bits per heavy atom. The summed E-state index contributed by atoms with van der Waals surface area (Å²) in [6.07, 6.45) is 2.54. The fraction of sp³-hybridized carbons (Fsp3) is 0.625. The largest absolute Gasteiger partial charge is 0.313 e. The highest BCUT2D eigenvalue weighted by Crippen LogP contribution is 2.20. The van der Waals surface area contributed by atoms with Gasteiger partial charge in [-0.25, -0.2) is 0 Å². The van der Waals surface area contributed by atoms with Gasteiger partial charge in [-0.15, -0.1) is 0 Å². The Labute approximate surface area is 126 Å². The molecule has 3 heteroatoms. The molecule has 0 aromatic heterocycles. The fourth-order valence-corrected chi connectivity index (χ4v) is 2.62. The highest BCUT2D eigenvalue weighted by Gasteiger charge is 2.07. The number of rotatable bonds is 9. The molecule has 0 atom stereocenters. The second-order valence-corrected chi connectivity index (χ2v) is 5.78. The van der Waals surface area contributed by atoms with Crippen LogP contribution < -0.4 is 5.32 Å². The quantitative estimate of drug-likeness (QED) is 0.732. The van der Waals surface area contributed by atoms with Gasteiger partial charge in [-0.3, -0.25) is 4.90 Å². The van der Waals surface area contributed by atoms with Gasteiger partial charge in [0.1, 0.15) is 0 Å². The molecule has 1 aromatic rings. The van der Waals surface area contributed by atoms with Crippen molar-refractivity contribution in [2.75, 3.05) is 19.6 Å². The minimum atomic E-state index is 0.947. The lowest BCUT2D eigenvalue weighted by Gasteiger charge is -2.21. The van der Waals surface area contributed by atoms with Crippen molar-refractivity contribution in [3.63, 3.8) is 0 Å². The predicted octanol–water partition coefficient (Wildman–Crippen LogP) is 4.18. The molecular weight excluding hydrogens is 300 g/mol. The lowest BCUT2D eigenvalue weighted by molar-refractivity contribution is 0.275. The second kappa shape index (κ2) is 9.51. The van der Waals surface area contributed by atoms with E-state index in [1.54, 1.807) is 0 Å². The van der Waals surface area contributed by atoms with Crippen LogP contribution in [0.2, 0.25) is 0 Å². The number of hydrogen-bond donors (Lipinski definition) is 1. The molecule has 1 rings (SSSR count). The van der Waals surface area contributed by atoms with E-state index in [9.17, 15) is 0 Å². The summed E-state index contributed by atoms with van der Waals surface area (Å²) >= 11 is 3.71. The topological polar surface area (TPSA) is 15.3 Å². The first kappa shape index (κ1) is 16.7. The monoisotopic (exact) mass is 326 g/mol. The van der Waals surface area contributed by atoms with Crippen molar-refractivity contribution in [3.05, 3.63) is 33.8 Å². The third-order valence-electron chi connectivity index (χ3n) is 3.37. The van der Waals surface area contributed by atoms with Gasteiger partial charge >= 0.3 is 0 Å². The average Bonchev–Trinajstić information content (AvgIpc) is 2.43. The first-order valence-electron chi connectivity index (χ1n) is 7.41. The summed E-state index contributed by atoms with van der Waals surface area (Å²) in [5.41, 5.74) is 2.73. The zero-order valence-corrected chi connectivity index (χ0v) is 14.1. The first-order valence-corrected chi connectivity index (χ1v) is 8.20. The van der Waals surface area contributed by atoms with E-state index in [0.29, 0.717) is 0 Å². The molecule has 0 fully saturated rings. The SMILES string of the molecule is CCCCN(CC)Cc1ccc(CNCC)cc1Br. The van der Waals surface area contributed by atoms with E-state index in [-0.39, 0.29) is 0 Å². The van der Waals surface area contributed by atoms with Crippen molar-refractivity contribution in [1.82, 2.24) is 10.2 Å². The van der Waals surface area contributed by atoms with Gasteiger partial charge in [-0.1, -0.05) is 55.3 Å². The van der Waals surface area contributed by atoms with Gasteiger partial charge in [0, 0.05) is 17.6 Å². The first-order chi connectivity index (χ1) is 9.21. The molecule has 0 radical (unpaired) electrons. The summed E-state index contributed by atoms with van der Waals surface area (Å²) < 4.78 is 1.23. The van der Waals surface area contributed by atoms with Gasteiger partial charge in [-0.2, -0.15) is 0 Å². The summed E-state index contributed by atoms with van der Waals surface area (Å²) in [6.45, 7) is 11.9. The van der Waals surface area contributed by atoms with Gasteiger partial charge in [-0.05, 0) is 43.2 Å². The minimum absolute atomic E-state index is 0.947. The molecule has 1 aromatic carbocycles. The predicted molar refractivity (Wildman–Crippen MR) is 87.4 cm³/mol. The summed E-state index contributed by atoms with van der Waals surface area (Å²) in [6, 6.07) is 6.73. The van der Waals surface area contributed by atoms with Crippen LogP contribution in [0.1, 0.15) is 44.7 Å². The molecule has 1 N–H and O–H groups in total. The molecule has 0 aliphatic rings. The number of hydrogen-bond acceptors (Lipinski definition) is 2. The van der Waals surface area contributed by atoms with Crippen molar-refractivity contribution in [2.24, 2.45) is 0 Å². The molecule has 108 valence electrons. The van der Waals surface area contributed by atoms with E-state index in [4.69, 9.17) is 0 Å². The maximum atomic E-state index is 3.71. The molecule has 0 spiro atoms. The maximum absolute atomic E-state index is 3.71. The van der Waals surface area contributed by atoms with Crippen LogP contribution in [0.15, 0.2) is 22.7 Å². The molecule has 19 heavy (non-hydrogen) atoms. The summed E-state index contributed by atoms with van der Waals surface area (Å²) in [7, 11) is 0. The van der Waals surface area contributed by atoms with Crippen LogP contribution in [0.25, 0.3) is 0 Å². The Morgan fingerprint density at radius 2 is 2.00 bits per heavy atom. The van der Waals surface area contributed by atoms with Crippen LogP contribution in [0.3, 0.4) is 0 Å². The molecule has 0 aliphatic heterocycles. The third kappa shape index (κ3) is 6.07.